The van der Waals surface area contributed by atoms with Crippen LogP contribution in [0.15, 0.2) is 47.6 Å². The highest BCUT2D eigenvalue weighted by Gasteiger charge is 2.19. The number of halogens is 3. The van der Waals surface area contributed by atoms with Crippen LogP contribution >= 0.6 is 23.4 Å². The summed E-state index contributed by atoms with van der Waals surface area (Å²) in [5.74, 6) is -0.207. The molecule has 0 aliphatic carbocycles. The summed E-state index contributed by atoms with van der Waals surface area (Å²) in [5.41, 5.74) is 1.07. The number of ether oxygens (including phenoxy) is 1. The van der Waals surface area contributed by atoms with Gasteiger partial charge in [-0.25, -0.2) is 8.78 Å². The van der Waals surface area contributed by atoms with Gasteiger partial charge in [-0.05, 0) is 36.8 Å². The van der Waals surface area contributed by atoms with Gasteiger partial charge in [0.25, 0.3) is 0 Å². The standard InChI is InChI=1S/C18H16ClF2N3OS/c1-11(25-16-7-6-14(20)9-15(16)21)17-22-23-18(24(17)2)26-10-12-4-3-5-13(19)8-12/h3-9,11H,10H2,1-2H3. The van der Waals surface area contributed by atoms with Crippen LogP contribution in [0.1, 0.15) is 24.4 Å². The van der Waals surface area contributed by atoms with Crippen molar-refractivity contribution in [3.05, 3.63) is 70.5 Å². The summed E-state index contributed by atoms with van der Waals surface area (Å²) in [5, 5.41) is 9.68. The van der Waals surface area contributed by atoms with Crippen molar-refractivity contribution in [1.82, 2.24) is 14.8 Å². The third-order valence-electron chi connectivity index (χ3n) is 3.69. The molecule has 0 aliphatic rings. The van der Waals surface area contributed by atoms with Crippen molar-refractivity contribution in [3.63, 3.8) is 0 Å². The molecule has 3 aromatic rings. The second-order valence-electron chi connectivity index (χ2n) is 5.65. The number of aromatic nitrogens is 3. The molecular weight excluding hydrogens is 380 g/mol. The zero-order chi connectivity index (χ0) is 18.7. The Hall–Kier alpha value is -2.12. The normalized spacial score (nSPS) is 12.2. The molecular formula is C18H16ClF2N3OS. The van der Waals surface area contributed by atoms with E-state index < -0.39 is 17.7 Å². The van der Waals surface area contributed by atoms with Gasteiger partial charge < -0.3 is 9.30 Å². The zero-order valence-electron chi connectivity index (χ0n) is 14.1. The Labute approximate surface area is 159 Å². The number of hydrogen-bond donors (Lipinski definition) is 0. The van der Waals surface area contributed by atoms with Gasteiger partial charge in [0.2, 0.25) is 0 Å². The fraction of sp³-hybridized carbons (Fsp3) is 0.222. The van der Waals surface area contributed by atoms with Crippen LogP contribution in [-0.2, 0) is 12.8 Å². The number of benzene rings is 2. The van der Waals surface area contributed by atoms with E-state index in [4.69, 9.17) is 16.3 Å². The van der Waals surface area contributed by atoms with Gasteiger partial charge in [-0.3, -0.25) is 0 Å². The summed E-state index contributed by atoms with van der Waals surface area (Å²) < 4.78 is 34.1. The van der Waals surface area contributed by atoms with Gasteiger partial charge in [0, 0.05) is 23.9 Å². The molecule has 0 bridgehead atoms. The first-order chi connectivity index (χ1) is 12.4. The van der Waals surface area contributed by atoms with E-state index in [2.05, 4.69) is 10.2 Å². The van der Waals surface area contributed by atoms with E-state index in [1.54, 1.807) is 11.5 Å². The predicted molar refractivity (Wildman–Crippen MR) is 97.4 cm³/mol. The van der Waals surface area contributed by atoms with Crippen molar-refractivity contribution < 1.29 is 13.5 Å². The zero-order valence-corrected chi connectivity index (χ0v) is 15.7. The van der Waals surface area contributed by atoms with Gasteiger partial charge in [-0.2, -0.15) is 0 Å². The highest BCUT2D eigenvalue weighted by Crippen LogP contribution is 2.27. The first-order valence-electron chi connectivity index (χ1n) is 7.82. The molecule has 0 aliphatic heterocycles. The van der Waals surface area contributed by atoms with E-state index in [-0.39, 0.29) is 5.75 Å². The molecule has 136 valence electrons. The molecule has 0 saturated carbocycles. The van der Waals surface area contributed by atoms with Gasteiger partial charge in [0.05, 0.1) is 0 Å². The molecule has 0 N–H and O–H groups in total. The van der Waals surface area contributed by atoms with Gasteiger partial charge in [0.1, 0.15) is 5.82 Å². The maximum absolute atomic E-state index is 13.8. The lowest BCUT2D eigenvalue weighted by Gasteiger charge is -2.14. The Bertz CT molecular complexity index is 919. The first kappa shape index (κ1) is 18.7. The van der Waals surface area contributed by atoms with Crippen molar-refractivity contribution in [2.75, 3.05) is 0 Å². The van der Waals surface area contributed by atoms with Crippen molar-refractivity contribution in [2.45, 2.75) is 23.9 Å². The van der Waals surface area contributed by atoms with E-state index in [1.165, 1.54) is 17.8 Å². The second kappa shape index (κ2) is 8.05. The van der Waals surface area contributed by atoms with E-state index in [9.17, 15) is 8.78 Å². The van der Waals surface area contributed by atoms with Crippen LogP contribution in [0.3, 0.4) is 0 Å². The third-order valence-corrected chi connectivity index (χ3v) is 5.01. The summed E-state index contributed by atoms with van der Waals surface area (Å²) >= 11 is 7.50. The van der Waals surface area contributed by atoms with E-state index >= 15 is 0 Å². The Morgan fingerprint density at radius 1 is 1.19 bits per heavy atom. The first-order valence-corrected chi connectivity index (χ1v) is 9.18. The van der Waals surface area contributed by atoms with Crippen molar-refractivity contribution in [1.29, 1.82) is 0 Å². The van der Waals surface area contributed by atoms with Crippen molar-refractivity contribution in [2.24, 2.45) is 7.05 Å². The largest absolute Gasteiger partial charge is 0.480 e. The van der Waals surface area contributed by atoms with Crippen LogP contribution in [0.5, 0.6) is 5.75 Å². The second-order valence-corrected chi connectivity index (χ2v) is 7.03. The summed E-state index contributed by atoms with van der Waals surface area (Å²) in [7, 11) is 1.82. The number of thioether (sulfide) groups is 1. The van der Waals surface area contributed by atoms with E-state index in [1.807, 2.05) is 31.3 Å². The molecule has 0 saturated heterocycles. The van der Waals surface area contributed by atoms with E-state index in [0.717, 1.165) is 17.7 Å². The van der Waals surface area contributed by atoms with Crippen LogP contribution in [0.4, 0.5) is 8.78 Å². The molecule has 26 heavy (non-hydrogen) atoms. The maximum Gasteiger partial charge on any atom is 0.191 e. The molecule has 0 amide bonds. The highest BCUT2D eigenvalue weighted by molar-refractivity contribution is 7.98. The molecule has 1 heterocycles. The Kier molecular flexibility index (Phi) is 5.78. The molecule has 8 heteroatoms. The Morgan fingerprint density at radius 2 is 2.00 bits per heavy atom. The summed E-state index contributed by atoms with van der Waals surface area (Å²) in [6, 6.07) is 10.8. The number of hydrogen-bond acceptors (Lipinski definition) is 4. The highest BCUT2D eigenvalue weighted by atomic mass is 35.5. The molecule has 4 nitrogen and oxygen atoms in total. The van der Waals surface area contributed by atoms with Gasteiger partial charge in [-0.1, -0.05) is 35.5 Å². The smallest absolute Gasteiger partial charge is 0.191 e. The summed E-state index contributed by atoms with van der Waals surface area (Å²) in [4.78, 5) is 0. The Morgan fingerprint density at radius 3 is 2.73 bits per heavy atom. The van der Waals surface area contributed by atoms with Crippen LogP contribution in [0, 0.1) is 11.6 Å². The Balaban J connectivity index is 1.69. The van der Waals surface area contributed by atoms with Crippen molar-refractivity contribution in [3.8, 4) is 5.75 Å². The molecule has 1 unspecified atom stereocenters. The number of nitrogens with zero attached hydrogens (tertiary/aromatic N) is 3. The van der Waals surface area contributed by atoms with Gasteiger partial charge in [-0.15, -0.1) is 10.2 Å². The lowest BCUT2D eigenvalue weighted by Crippen LogP contribution is -2.10. The monoisotopic (exact) mass is 395 g/mol. The fourth-order valence-corrected chi connectivity index (χ4v) is 3.47. The topological polar surface area (TPSA) is 39.9 Å². The molecule has 1 atom stereocenters. The van der Waals surface area contributed by atoms with Crippen LogP contribution in [0.2, 0.25) is 5.02 Å². The SMILES string of the molecule is CC(Oc1ccc(F)cc1F)c1nnc(SCc2cccc(Cl)c2)n1C. The van der Waals surface area contributed by atoms with Crippen LogP contribution in [0.25, 0.3) is 0 Å². The fourth-order valence-electron chi connectivity index (χ4n) is 2.39. The summed E-state index contributed by atoms with van der Waals surface area (Å²) in [6.45, 7) is 1.73. The molecule has 0 spiro atoms. The van der Waals surface area contributed by atoms with Gasteiger partial charge in [0.15, 0.2) is 28.7 Å². The molecule has 3 rings (SSSR count). The lowest BCUT2D eigenvalue weighted by atomic mass is 10.2. The number of rotatable bonds is 6. The minimum Gasteiger partial charge on any atom is -0.480 e. The maximum atomic E-state index is 13.8. The quantitative estimate of drug-likeness (QED) is 0.539. The molecule has 0 radical (unpaired) electrons. The molecule has 2 aromatic carbocycles. The predicted octanol–water partition coefficient (Wildman–Crippen LogP) is 5.18. The minimum absolute atomic E-state index is 0.0324. The van der Waals surface area contributed by atoms with Crippen molar-refractivity contribution >= 4 is 23.4 Å². The van der Waals surface area contributed by atoms with Gasteiger partial charge >= 0.3 is 0 Å². The summed E-state index contributed by atoms with van der Waals surface area (Å²) in [6.07, 6.45) is -0.548. The molecule has 0 fully saturated rings. The molecule has 1 aromatic heterocycles. The van der Waals surface area contributed by atoms with Crippen LogP contribution < -0.4 is 4.74 Å². The minimum atomic E-state index is -0.755. The third kappa shape index (κ3) is 4.34. The van der Waals surface area contributed by atoms with Crippen LogP contribution in [-0.4, -0.2) is 14.8 Å². The average Bonchev–Trinajstić information content (AvgIpc) is 2.96. The average molecular weight is 396 g/mol. The lowest BCUT2D eigenvalue weighted by molar-refractivity contribution is 0.201. The van der Waals surface area contributed by atoms with E-state index in [0.29, 0.717) is 21.8 Å².